The molecule has 1 N–H and O–H groups in total. The molecule has 0 radical (unpaired) electrons. The van der Waals surface area contributed by atoms with Gasteiger partial charge in [0.1, 0.15) is 0 Å². The van der Waals surface area contributed by atoms with E-state index in [4.69, 9.17) is 4.74 Å². The summed E-state index contributed by atoms with van der Waals surface area (Å²) >= 11 is 0. The molecule has 1 aliphatic rings. The molecule has 1 saturated heterocycles. The van der Waals surface area contributed by atoms with Crippen LogP contribution in [0.3, 0.4) is 0 Å². The third-order valence-corrected chi connectivity index (χ3v) is 3.43. The lowest BCUT2D eigenvalue weighted by Crippen LogP contribution is -2.45. The first-order valence-corrected chi connectivity index (χ1v) is 6.67. The Morgan fingerprint density at radius 1 is 1.35 bits per heavy atom. The van der Waals surface area contributed by atoms with Crippen LogP contribution >= 0.6 is 0 Å². The molecule has 1 fully saturated rings. The van der Waals surface area contributed by atoms with Crippen molar-refractivity contribution in [2.45, 2.75) is 44.9 Å². The first kappa shape index (κ1) is 14.9. The Bertz CT molecular complexity index is 204. The standard InChI is InChI=1S/C13H28N2O2/c1-11(2)17-10-13(16)9-15(4)12-5-7-14(3)8-6-12/h11-13,16H,5-10H2,1-4H3/t13-/m0/s1. The Morgan fingerprint density at radius 3 is 2.47 bits per heavy atom. The van der Waals surface area contributed by atoms with Crippen molar-refractivity contribution in [3.8, 4) is 0 Å². The topological polar surface area (TPSA) is 35.9 Å². The van der Waals surface area contributed by atoms with E-state index in [-0.39, 0.29) is 12.2 Å². The summed E-state index contributed by atoms with van der Waals surface area (Å²) in [6.45, 7) is 7.46. The molecular formula is C13H28N2O2. The van der Waals surface area contributed by atoms with Crippen LogP contribution in [-0.4, -0.2) is 73.5 Å². The fourth-order valence-electron chi connectivity index (χ4n) is 2.27. The van der Waals surface area contributed by atoms with Crippen LogP contribution < -0.4 is 0 Å². The lowest BCUT2D eigenvalue weighted by atomic mass is 10.0. The van der Waals surface area contributed by atoms with E-state index < -0.39 is 0 Å². The number of aliphatic hydroxyl groups is 1. The molecule has 0 aromatic rings. The average molecular weight is 244 g/mol. The zero-order valence-corrected chi connectivity index (χ0v) is 11.7. The van der Waals surface area contributed by atoms with Gasteiger partial charge < -0.3 is 19.6 Å². The summed E-state index contributed by atoms with van der Waals surface area (Å²) in [5.74, 6) is 0. The molecule has 1 heterocycles. The van der Waals surface area contributed by atoms with E-state index in [1.807, 2.05) is 13.8 Å². The Morgan fingerprint density at radius 2 is 1.94 bits per heavy atom. The zero-order valence-electron chi connectivity index (χ0n) is 11.7. The van der Waals surface area contributed by atoms with E-state index in [0.29, 0.717) is 19.2 Å². The molecule has 0 aromatic heterocycles. The maximum Gasteiger partial charge on any atom is 0.0900 e. The SMILES string of the molecule is CC(C)OC[C@@H](O)CN(C)C1CCN(C)CC1. The van der Waals surface area contributed by atoms with Gasteiger partial charge in [-0.1, -0.05) is 0 Å². The first-order chi connectivity index (χ1) is 7.99. The predicted molar refractivity (Wildman–Crippen MR) is 70.2 cm³/mol. The van der Waals surface area contributed by atoms with Crippen LogP contribution in [0, 0.1) is 0 Å². The van der Waals surface area contributed by atoms with Gasteiger partial charge in [0.05, 0.1) is 18.8 Å². The van der Waals surface area contributed by atoms with Crippen molar-refractivity contribution in [1.82, 2.24) is 9.80 Å². The molecule has 17 heavy (non-hydrogen) atoms. The number of ether oxygens (including phenoxy) is 1. The van der Waals surface area contributed by atoms with E-state index in [1.165, 1.54) is 12.8 Å². The molecule has 1 aliphatic heterocycles. The smallest absolute Gasteiger partial charge is 0.0900 e. The van der Waals surface area contributed by atoms with Gasteiger partial charge in [0.2, 0.25) is 0 Å². The Kier molecular flexibility index (Phi) is 6.41. The fourth-order valence-corrected chi connectivity index (χ4v) is 2.27. The lowest BCUT2D eigenvalue weighted by molar-refractivity contribution is -0.0135. The van der Waals surface area contributed by atoms with Gasteiger partial charge in [0, 0.05) is 12.6 Å². The van der Waals surface area contributed by atoms with E-state index >= 15 is 0 Å². The summed E-state index contributed by atoms with van der Waals surface area (Å²) in [5.41, 5.74) is 0. The average Bonchev–Trinajstić information content (AvgIpc) is 2.27. The predicted octanol–water partition coefficient (Wildman–Crippen LogP) is 0.798. The van der Waals surface area contributed by atoms with Crippen molar-refractivity contribution < 1.29 is 9.84 Å². The second-order valence-electron chi connectivity index (χ2n) is 5.51. The van der Waals surface area contributed by atoms with Gasteiger partial charge >= 0.3 is 0 Å². The van der Waals surface area contributed by atoms with Crippen LogP contribution in [0.25, 0.3) is 0 Å². The maximum absolute atomic E-state index is 9.87. The van der Waals surface area contributed by atoms with Crippen LogP contribution in [0.5, 0.6) is 0 Å². The molecule has 0 spiro atoms. The number of likely N-dealkylation sites (N-methyl/N-ethyl adjacent to an activating group) is 1. The van der Waals surface area contributed by atoms with Gasteiger partial charge in [-0.3, -0.25) is 0 Å². The molecule has 0 unspecified atom stereocenters. The monoisotopic (exact) mass is 244 g/mol. The van der Waals surface area contributed by atoms with Gasteiger partial charge in [0.15, 0.2) is 0 Å². The number of hydrogen-bond donors (Lipinski definition) is 1. The number of likely N-dealkylation sites (tertiary alicyclic amines) is 1. The van der Waals surface area contributed by atoms with Crippen molar-refractivity contribution in [2.75, 3.05) is 40.3 Å². The van der Waals surface area contributed by atoms with Gasteiger partial charge in [-0.2, -0.15) is 0 Å². The highest BCUT2D eigenvalue weighted by Gasteiger charge is 2.22. The van der Waals surface area contributed by atoms with Crippen molar-refractivity contribution >= 4 is 0 Å². The molecule has 0 aromatic carbocycles. The minimum Gasteiger partial charge on any atom is -0.389 e. The second-order valence-corrected chi connectivity index (χ2v) is 5.51. The largest absolute Gasteiger partial charge is 0.389 e. The van der Waals surface area contributed by atoms with Gasteiger partial charge in [-0.25, -0.2) is 0 Å². The maximum atomic E-state index is 9.87. The van der Waals surface area contributed by atoms with Crippen molar-refractivity contribution in [2.24, 2.45) is 0 Å². The van der Waals surface area contributed by atoms with E-state index in [2.05, 4.69) is 23.9 Å². The highest BCUT2D eigenvalue weighted by molar-refractivity contribution is 4.78. The Hall–Kier alpha value is -0.160. The molecule has 0 bridgehead atoms. The third kappa shape index (κ3) is 5.82. The quantitative estimate of drug-likeness (QED) is 0.750. The summed E-state index contributed by atoms with van der Waals surface area (Å²) in [6.07, 6.45) is 2.22. The van der Waals surface area contributed by atoms with Crippen molar-refractivity contribution in [3.63, 3.8) is 0 Å². The molecule has 4 nitrogen and oxygen atoms in total. The number of rotatable bonds is 6. The molecule has 0 aliphatic carbocycles. The number of aliphatic hydroxyl groups excluding tert-OH is 1. The molecule has 4 heteroatoms. The van der Waals surface area contributed by atoms with Crippen LogP contribution in [0.15, 0.2) is 0 Å². The highest BCUT2D eigenvalue weighted by Crippen LogP contribution is 2.14. The number of hydrogen-bond acceptors (Lipinski definition) is 4. The van der Waals surface area contributed by atoms with Gasteiger partial charge in [-0.15, -0.1) is 0 Å². The summed E-state index contributed by atoms with van der Waals surface area (Å²) in [4.78, 5) is 4.64. The van der Waals surface area contributed by atoms with Crippen molar-refractivity contribution in [1.29, 1.82) is 0 Å². The Balaban J connectivity index is 2.21. The Labute approximate surface area is 106 Å². The molecular weight excluding hydrogens is 216 g/mol. The first-order valence-electron chi connectivity index (χ1n) is 6.67. The van der Waals surface area contributed by atoms with Crippen LogP contribution in [0.1, 0.15) is 26.7 Å². The number of nitrogens with zero attached hydrogens (tertiary/aromatic N) is 2. The minimum atomic E-state index is -0.373. The normalized spacial score (nSPS) is 21.4. The second kappa shape index (κ2) is 7.31. The van der Waals surface area contributed by atoms with Crippen molar-refractivity contribution in [3.05, 3.63) is 0 Å². The summed E-state index contributed by atoms with van der Waals surface area (Å²) < 4.78 is 5.42. The highest BCUT2D eigenvalue weighted by atomic mass is 16.5. The fraction of sp³-hybridized carbons (Fsp3) is 1.00. The minimum absolute atomic E-state index is 0.193. The zero-order chi connectivity index (χ0) is 12.8. The lowest BCUT2D eigenvalue weighted by Gasteiger charge is -2.36. The van der Waals surface area contributed by atoms with Gasteiger partial charge in [0.25, 0.3) is 0 Å². The summed E-state index contributed by atoms with van der Waals surface area (Å²) in [6, 6.07) is 0.611. The van der Waals surface area contributed by atoms with E-state index in [9.17, 15) is 5.11 Å². The molecule has 1 atom stereocenters. The van der Waals surface area contributed by atoms with E-state index in [0.717, 1.165) is 13.1 Å². The molecule has 0 amide bonds. The number of piperidine rings is 1. The molecule has 0 saturated carbocycles. The van der Waals surface area contributed by atoms with E-state index in [1.54, 1.807) is 0 Å². The summed E-state index contributed by atoms with van der Waals surface area (Å²) in [5, 5.41) is 9.87. The molecule has 1 rings (SSSR count). The molecule has 102 valence electrons. The van der Waals surface area contributed by atoms with Crippen LogP contribution in [-0.2, 0) is 4.74 Å². The van der Waals surface area contributed by atoms with Gasteiger partial charge in [-0.05, 0) is 53.9 Å². The van der Waals surface area contributed by atoms with Crippen LogP contribution in [0.4, 0.5) is 0 Å². The third-order valence-electron chi connectivity index (χ3n) is 3.43. The summed E-state index contributed by atoms with van der Waals surface area (Å²) in [7, 11) is 4.27. The van der Waals surface area contributed by atoms with Crippen LogP contribution in [0.2, 0.25) is 0 Å².